The topological polar surface area (TPSA) is 16.4 Å². The van der Waals surface area contributed by atoms with Gasteiger partial charge in [-0.3, -0.25) is 0 Å². The molecule has 0 bridgehead atoms. The number of furan rings is 1. The molecule has 202 valence electrons. The van der Waals surface area contributed by atoms with Crippen LogP contribution < -0.4 is 4.90 Å². The number of benzene rings is 7. The van der Waals surface area contributed by atoms with E-state index in [1.54, 1.807) is 0 Å². The van der Waals surface area contributed by atoms with Crippen LogP contribution in [-0.2, 0) is 0 Å². The van der Waals surface area contributed by atoms with Crippen molar-refractivity contribution in [3.63, 3.8) is 0 Å². The predicted octanol–water partition coefficient (Wildman–Crippen LogP) is 12.2. The molecule has 0 fully saturated rings. The molecule has 0 aliphatic carbocycles. The maximum absolute atomic E-state index is 6.07. The Morgan fingerprint density at radius 3 is 1.95 bits per heavy atom. The van der Waals surface area contributed by atoms with Gasteiger partial charge in [-0.25, -0.2) is 0 Å². The molecule has 0 spiro atoms. The highest BCUT2D eigenvalue weighted by molar-refractivity contribution is 7.25. The number of para-hydroxylation sites is 1. The largest absolute Gasteiger partial charge is 0.456 e. The lowest BCUT2D eigenvalue weighted by molar-refractivity contribution is 0.669. The molecule has 0 saturated carbocycles. The highest BCUT2D eigenvalue weighted by Crippen LogP contribution is 2.42. The van der Waals surface area contributed by atoms with Crippen molar-refractivity contribution in [1.82, 2.24) is 0 Å². The lowest BCUT2D eigenvalue weighted by Crippen LogP contribution is -2.09. The zero-order valence-corrected chi connectivity index (χ0v) is 24.0. The fraction of sp³-hybridized carbons (Fsp3) is 0. The van der Waals surface area contributed by atoms with Crippen LogP contribution in [0.15, 0.2) is 156 Å². The second kappa shape index (κ2) is 9.59. The van der Waals surface area contributed by atoms with Crippen molar-refractivity contribution >= 4 is 81.3 Å². The summed E-state index contributed by atoms with van der Waals surface area (Å²) in [6.07, 6.45) is 0. The predicted molar refractivity (Wildman–Crippen MR) is 184 cm³/mol. The van der Waals surface area contributed by atoms with Crippen molar-refractivity contribution in [2.75, 3.05) is 4.90 Å². The van der Waals surface area contributed by atoms with Crippen molar-refractivity contribution in [2.24, 2.45) is 0 Å². The Kier molecular flexibility index (Phi) is 5.40. The number of thiophene rings is 1. The van der Waals surface area contributed by atoms with E-state index in [2.05, 4.69) is 144 Å². The average Bonchev–Trinajstić information content (AvgIpc) is 3.63. The summed E-state index contributed by atoms with van der Waals surface area (Å²) < 4.78 is 8.69. The molecule has 7 aromatic carbocycles. The third-order valence-corrected chi connectivity index (χ3v) is 9.60. The SMILES string of the molecule is c1ccc2cc(N(c3ccc(-c4ccc5oc6ccccc6c5c4)cc3)c3ccc4sc5ccccc5c4c3)ccc2c1. The van der Waals surface area contributed by atoms with Crippen molar-refractivity contribution in [2.45, 2.75) is 0 Å². The van der Waals surface area contributed by atoms with Crippen molar-refractivity contribution in [3.05, 3.63) is 152 Å². The van der Waals surface area contributed by atoms with E-state index in [9.17, 15) is 0 Å². The summed E-state index contributed by atoms with van der Waals surface area (Å²) in [6.45, 7) is 0. The Hall–Kier alpha value is -5.38. The molecule has 9 rings (SSSR count). The molecule has 43 heavy (non-hydrogen) atoms. The van der Waals surface area contributed by atoms with Crippen LogP contribution in [0.2, 0.25) is 0 Å². The minimum atomic E-state index is 0.917. The van der Waals surface area contributed by atoms with Crippen molar-refractivity contribution < 1.29 is 4.42 Å². The van der Waals surface area contributed by atoms with Gasteiger partial charge >= 0.3 is 0 Å². The number of hydrogen-bond acceptors (Lipinski definition) is 3. The summed E-state index contributed by atoms with van der Waals surface area (Å²) in [5.74, 6) is 0. The monoisotopic (exact) mass is 567 g/mol. The number of anilines is 3. The summed E-state index contributed by atoms with van der Waals surface area (Å²) in [7, 11) is 0. The zero-order valence-electron chi connectivity index (χ0n) is 23.2. The molecular weight excluding hydrogens is 543 g/mol. The summed E-state index contributed by atoms with van der Waals surface area (Å²) in [5, 5.41) is 7.36. The van der Waals surface area contributed by atoms with Crippen molar-refractivity contribution in [1.29, 1.82) is 0 Å². The summed E-state index contributed by atoms with van der Waals surface area (Å²) in [5.41, 5.74) is 7.59. The van der Waals surface area contributed by atoms with Crippen LogP contribution in [0.3, 0.4) is 0 Å². The van der Waals surface area contributed by atoms with Crippen LogP contribution in [0.1, 0.15) is 0 Å². The first-order valence-electron chi connectivity index (χ1n) is 14.5. The molecular formula is C40H25NOS. The minimum Gasteiger partial charge on any atom is -0.456 e. The maximum Gasteiger partial charge on any atom is 0.135 e. The van der Waals surface area contributed by atoms with Gasteiger partial charge in [-0.05, 0) is 88.6 Å². The van der Waals surface area contributed by atoms with E-state index in [1.165, 1.54) is 42.1 Å². The van der Waals surface area contributed by atoms with Crippen LogP contribution in [0, 0.1) is 0 Å². The molecule has 2 aromatic heterocycles. The van der Waals surface area contributed by atoms with Crippen LogP contribution in [-0.4, -0.2) is 0 Å². The Labute approximate surface area is 252 Å². The molecule has 2 nitrogen and oxygen atoms in total. The van der Waals surface area contributed by atoms with Gasteiger partial charge in [0.15, 0.2) is 0 Å². The zero-order chi connectivity index (χ0) is 28.3. The van der Waals surface area contributed by atoms with Crippen LogP contribution in [0.5, 0.6) is 0 Å². The molecule has 3 heteroatoms. The van der Waals surface area contributed by atoms with Gasteiger partial charge in [-0.2, -0.15) is 0 Å². The number of hydrogen-bond donors (Lipinski definition) is 0. The summed E-state index contributed by atoms with van der Waals surface area (Å²) in [4.78, 5) is 2.37. The molecule has 0 unspecified atom stereocenters. The third kappa shape index (κ3) is 4.01. The van der Waals surface area contributed by atoms with Gasteiger partial charge in [0, 0.05) is 48.0 Å². The fourth-order valence-electron chi connectivity index (χ4n) is 6.32. The van der Waals surface area contributed by atoms with E-state index < -0.39 is 0 Å². The Bertz CT molecular complexity index is 2470. The van der Waals surface area contributed by atoms with Gasteiger partial charge in [-0.1, -0.05) is 84.9 Å². The normalized spacial score (nSPS) is 11.7. The molecule has 0 aliphatic heterocycles. The smallest absolute Gasteiger partial charge is 0.135 e. The van der Waals surface area contributed by atoms with Crippen molar-refractivity contribution in [3.8, 4) is 11.1 Å². The average molecular weight is 568 g/mol. The highest BCUT2D eigenvalue weighted by atomic mass is 32.1. The highest BCUT2D eigenvalue weighted by Gasteiger charge is 2.16. The van der Waals surface area contributed by atoms with Gasteiger partial charge in [0.1, 0.15) is 11.2 Å². The second-order valence-corrected chi connectivity index (χ2v) is 12.1. The van der Waals surface area contributed by atoms with E-state index in [0.29, 0.717) is 0 Å². The Balaban J connectivity index is 1.18. The minimum absolute atomic E-state index is 0.917. The summed E-state index contributed by atoms with van der Waals surface area (Å²) >= 11 is 1.85. The fourth-order valence-corrected chi connectivity index (χ4v) is 7.41. The molecule has 0 N–H and O–H groups in total. The van der Waals surface area contributed by atoms with Gasteiger partial charge in [0.25, 0.3) is 0 Å². The van der Waals surface area contributed by atoms with Gasteiger partial charge in [-0.15, -0.1) is 11.3 Å². The van der Waals surface area contributed by atoms with E-state index >= 15 is 0 Å². The van der Waals surface area contributed by atoms with Crippen LogP contribution in [0.4, 0.5) is 17.1 Å². The lowest BCUT2D eigenvalue weighted by atomic mass is 10.0. The number of fused-ring (bicyclic) bond motifs is 7. The van der Waals surface area contributed by atoms with Gasteiger partial charge < -0.3 is 9.32 Å². The molecule has 0 amide bonds. The first kappa shape index (κ1) is 24.2. The Morgan fingerprint density at radius 1 is 0.395 bits per heavy atom. The lowest BCUT2D eigenvalue weighted by Gasteiger charge is -2.26. The molecule has 9 aromatic rings. The Morgan fingerprint density at radius 2 is 1.05 bits per heavy atom. The molecule has 0 atom stereocenters. The van der Waals surface area contributed by atoms with E-state index in [4.69, 9.17) is 4.42 Å². The maximum atomic E-state index is 6.07. The first-order valence-corrected chi connectivity index (χ1v) is 15.3. The van der Waals surface area contributed by atoms with Crippen LogP contribution in [0.25, 0.3) is 64.0 Å². The van der Waals surface area contributed by atoms with Gasteiger partial charge in [0.05, 0.1) is 0 Å². The first-order chi connectivity index (χ1) is 21.3. The second-order valence-electron chi connectivity index (χ2n) is 11.0. The number of rotatable bonds is 4. The van der Waals surface area contributed by atoms with E-state index in [1.807, 2.05) is 23.5 Å². The van der Waals surface area contributed by atoms with Crippen LogP contribution >= 0.6 is 11.3 Å². The number of nitrogens with zero attached hydrogens (tertiary/aromatic N) is 1. The standard InChI is InChI=1S/C40H25NOS/c1-2-8-28-23-31(19-15-26(28)7-1)41(32-20-22-40-36(25-32)34-10-4-6-12-39(34)43-40)30-17-13-27(14-18-30)29-16-21-38-35(24-29)33-9-3-5-11-37(33)42-38/h1-25H. The third-order valence-electron chi connectivity index (χ3n) is 8.45. The van der Waals surface area contributed by atoms with E-state index in [-0.39, 0.29) is 0 Å². The van der Waals surface area contributed by atoms with Gasteiger partial charge in [0.2, 0.25) is 0 Å². The summed E-state index contributed by atoms with van der Waals surface area (Å²) in [6, 6.07) is 54.5. The van der Waals surface area contributed by atoms with E-state index in [0.717, 1.165) is 39.0 Å². The molecule has 0 aliphatic rings. The molecule has 2 heterocycles. The molecule has 0 saturated heterocycles. The molecule has 0 radical (unpaired) electrons. The quantitative estimate of drug-likeness (QED) is 0.210.